The molecule has 2 fully saturated rings. The van der Waals surface area contributed by atoms with E-state index in [9.17, 15) is 15.2 Å². The van der Waals surface area contributed by atoms with Gasteiger partial charge in [0.15, 0.2) is 0 Å². The van der Waals surface area contributed by atoms with Crippen molar-refractivity contribution in [3.8, 4) is 6.07 Å². The molecule has 1 saturated heterocycles. The van der Waals surface area contributed by atoms with Gasteiger partial charge in [0.1, 0.15) is 5.54 Å². The monoisotopic (exact) mass is 265 g/mol. The van der Waals surface area contributed by atoms with Crippen LogP contribution in [-0.2, 0) is 4.79 Å². The molecule has 0 aromatic carbocycles. The third kappa shape index (κ3) is 3.68. The van der Waals surface area contributed by atoms with Crippen LogP contribution in [0, 0.1) is 11.3 Å². The Morgan fingerprint density at radius 3 is 2.42 bits per heavy atom. The van der Waals surface area contributed by atoms with E-state index < -0.39 is 11.1 Å². The van der Waals surface area contributed by atoms with Crippen molar-refractivity contribution in [1.29, 1.82) is 5.26 Å². The van der Waals surface area contributed by atoms with Crippen molar-refractivity contribution < 1.29 is 9.90 Å². The lowest BCUT2D eigenvalue weighted by atomic mass is 9.94. The highest BCUT2D eigenvalue weighted by molar-refractivity contribution is 5.79. The zero-order valence-electron chi connectivity index (χ0n) is 11.6. The molecule has 0 aromatic heterocycles. The zero-order chi connectivity index (χ0) is 13.9. The quantitative estimate of drug-likeness (QED) is 0.791. The van der Waals surface area contributed by atoms with Crippen LogP contribution in [0.5, 0.6) is 0 Å². The Morgan fingerprint density at radius 2 is 1.89 bits per heavy atom. The Balaban J connectivity index is 1.80. The number of nitrogens with zero attached hydrogens (tertiary/aromatic N) is 2. The molecule has 1 aliphatic heterocycles. The molecule has 0 radical (unpaired) electrons. The number of nitriles is 1. The standard InChI is InChI=1S/C14H23N3O2/c1-13(19)6-8-17(9-7-13)10-12(18)16-14(11-15)4-2-3-5-14/h19H,2-10H2,1H3,(H,16,18). The van der Waals surface area contributed by atoms with Crippen LogP contribution in [0.15, 0.2) is 0 Å². The smallest absolute Gasteiger partial charge is 0.235 e. The van der Waals surface area contributed by atoms with Gasteiger partial charge in [-0.3, -0.25) is 9.69 Å². The molecule has 106 valence electrons. The molecule has 0 bridgehead atoms. The van der Waals surface area contributed by atoms with Crippen molar-refractivity contribution in [1.82, 2.24) is 10.2 Å². The number of carbonyl (C=O) groups is 1. The molecule has 1 heterocycles. The Hall–Kier alpha value is -1.12. The molecule has 19 heavy (non-hydrogen) atoms. The average molecular weight is 265 g/mol. The van der Waals surface area contributed by atoms with E-state index in [0.29, 0.717) is 19.4 Å². The van der Waals surface area contributed by atoms with Crippen molar-refractivity contribution in [2.24, 2.45) is 0 Å². The second-order valence-electron chi connectivity index (χ2n) is 6.22. The van der Waals surface area contributed by atoms with Gasteiger partial charge in [0.2, 0.25) is 5.91 Å². The number of nitrogens with one attached hydrogen (secondary N) is 1. The summed E-state index contributed by atoms with van der Waals surface area (Å²) in [6.45, 7) is 3.65. The van der Waals surface area contributed by atoms with Gasteiger partial charge in [-0.1, -0.05) is 0 Å². The van der Waals surface area contributed by atoms with Crippen LogP contribution in [0.3, 0.4) is 0 Å². The maximum atomic E-state index is 12.0. The van der Waals surface area contributed by atoms with E-state index in [2.05, 4.69) is 11.4 Å². The second-order valence-corrected chi connectivity index (χ2v) is 6.22. The Kier molecular flexibility index (Phi) is 4.12. The van der Waals surface area contributed by atoms with Crippen molar-refractivity contribution in [3.63, 3.8) is 0 Å². The summed E-state index contributed by atoms with van der Waals surface area (Å²) in [5.41, 5.74) is -1.22. The summed E-state index contributed by atoms with van der Waals surface area (Å²) < 4.78 is 0. The maximum absolute atomic E-state index is 12.0. The molecular formula is C14H23N3O2. The van der Waals surface area contributed by atoms with Crippen LogP contribution < -0.4 is 5.32 Å². The number of carbonyl (C=O) groups excluding carboxylic acids is 1. The van der Waals surface area contributed by atoms with E-state index in [1.165, 1.54) is 0 Å². The minimum atomic E-state index is -0.627. The summed E-state index contributed by atoms with van der Waals surface area (Å²) in [5.74, 6) is -0.0648. The lowest BCUT2D eigenvalue weighted by Crippen LogP contribution is -2.51. The fraction of sp³-hybridized carbons (Fsp3) is 0.857. The topological polar surface area (TPSA) is 76.4 Å². The SMILES string of the molecule is CC1(O)CCN(CC(=O)NC2(C#N)CCCC2)CC1. The predicted octanol–water partition coefficient (Wildman–Crippen LogP) is 0.786. The average Bonchev–Trinajstić information content (AvgIpc) is 2.81. The van der Waals surface area contributed by atoms with Gasteiger partial charge in [0.05, 0.1) is 18.2 Å². The molecule has 5 nitrogen and oxygen atoms in total. The third-order valence-electron chi connectivity index (χ3n) is 4.35. The van der Waals surface area contributed by atoms with Crippen molar-refractivity contribution in [2.45, 2.75) is 56.6 Å². The van der Waals surface area contributed by atoms with Gasteiger partial charge in [-0.2, -0.15) is 5.26 Å². The van der Waals surface area contributed by atoms with Gasteiger partial charge in [-0.25, -0.2) is 0 Å². The van der Waals surface area contributed by atoms with E-state index in [1.807, 2.05) is 11.8 Å². The summed E-state index contributed by atoms with van der Waals surface area (Å²) in [7, 11) is 0. The van der Waals surface area contributed by atoms with Crippen molar-refractivity contribution >= 4 is 5.91 Å². The fourth-order valence-corrected chi connectivity index (χ4v) is 2.95. The summed E-state index contributed by atoms with van der Waals surface area (Å²) in [6, 6.07) is 2.27. The van der Waals surface area contributed by atoms with Crippen LogP contribution in [-0.4, -0.2) is 46.7 Å². The molecular weight excluding hydrogens is 242 g/mol. The first-order valence-electron chi connectivity index (χ1n) is 7.12. The van der Waals surface area contributed by atoms with E-state index in [4.69, 9.17) is 0 Å². The van der Waals surface area contributed by atoms with E-state index in [0.717, 1.165) is 38.8 Å². The van der Waals surface area contributed by atoms with Crippen LogP contribution in [0.4, 0.5) is 0 Å². The molecule has 1 aliphatic carbocycles. The highest BCUT2D eigenvalue weighted by Gasteiger charge is 2.36. The molecule has 0 unspecified atom stereocenters. The predicted molar refractivity (Wildman–Crippen MR) is 71.3 cm³/mol. The summed E-state index contributed by atoms with van der Waals surface area (Å²) >= 11 is 0. The van der Waals surface area contributed by atoms with Crippen LogP contribution in [0.25, 0.3) is 0 Å². The lowest BCUT2D eigenvalue weighted by Gasteiger charge is -2.35. The molecule has 0 aromatic rings. The van der Waals surface area contributed by atoms with Crippen LogP contribution in [0.2, 0.25) is 0 Å². The minimum absolute atomic E-state index is 0.0648. The third-order valence-corrected chi connectivity index (χ3v) is 4.35. The number of amides is 1. The number of aliphatic hydroxyl groups is 1. The number of hydrogen-bond donors (Lipinski definition) is 2. The van der Waals surface area contributed by atoms with Gasteiger partial charge in [-0.15, -0.1) is 0 Å². The number of rotatable bonds is 3. The first-order valence-corrected chi connectivity index (χ1v) is 7.12. The molecule has 2 aliphatic rings. The van der Waals surface area contributed by atoms with Gasteiger partial charge in [0.25, 0.3) is 0 Å². The molecule has 5 heteroatoms. The van der Waals surface area contributed by atoms with Gasteiger partial charge >= 0.3 is 0 Å². The molecule has 2 N–H and O–H groups in total. The fourth-order valence-electron chi connectivity index (χ4n) is 2.95. The number of hydrogen-bond acceptors (Lipinski definition) is 4. The maximum Gasteiger partial charge on any atom is 0.235 e. The van der Waals surface area contributed by atoms with Crippen molar-refractivity contribution in [3.05, 3.63) is 0 Å². The van der Waals surface area contributed by atoms with Crippen LogP contribution >= 0.6 is 0 Å². The molecule has 1 amide bonds. The Labute approximate surface area is 114 Å². The molecule has 0 atom stereocenters. The minimum Gasteiger partial charge on any atom is -0.390 e. The first kappa shape index (κ1) is 14.3. The number of likely N-dealkylation sites (tertiary alicyclic amines) is 1. The summed E-state index contributed by atoms with van der Waals surface area (Å²) in [6.07, 6.45) is 4.96. The highest BCUT2D eigenvalue weighted by Crippen LogP contribution is 2.29. The highest BCUT2D eigenvalue weighted by atomic mass is 16.3. The van der Waals surface area contributed by atoms with E-state index in [-0.39, 0.29) is 5.91 Å². The Morgan fingerprint density at radius 1 is 1.32 bits per heavy atom. The number of piperidine rings is 1. The van der Waals surface area contributed by atoms with Gasteiger partial charge in [0, 0.05) is 13.1 Å². The van der Waals surface area contributed by atoms with Gasteiger partial charge in [-0.05, 0) is 45.4 Å². The van der Waals surface area contributed by atoms with E-state index in [1.54, 1.807) is 0 Å². The lowest BCUT2D eigenvalue weighted by molar-refractivity contribution is -0.124. The van der Waals surface area contributed by atoms with Crippen molar-refractivity contribution in [2.75, 3.05) is 19.6 Å². The Bertz CT molecular complexity index is 371. The largest absolute Gasteiger partial charge is 0.390 e. The summed E-state index contributed by atoms with van der Waals surface area (Å²) in [5, 5.41) is 22.0. The first-order chi connectivity index (χ1) is 8.95. The normalized spacial score (nSPS) is 25.7. The van der Waals surface area contributed by atoms with E-state index >= 15 is 0 Å². The van der Waals surface area contributed by atoms with Crippen LogP contribution in [0.1, 0.15) is 45.4 Å². The molecule has 0 spiro atoms. The second kappa shape index (κ2) is 5.48. The van der Waals surface area contributed by atoms with Gasteiger partial charge < -0.3 is 10.4 Å². The molecule has 2 rings (SSSR count). The molecule has 1 saturated carbocycles. The summed E-state index contributed by atoms with van der Waals surface area (Å²) in [4.78, 5) is 14.1. The zero-order valence-corrected chi connectivity index (χ0v) is 11.6.